The van der Waals surface area contributed by atoms with Crippen LogP contribution in [0.5, 0.6) is 0 Å². The molecule has 0 radical (unpaired) electrons. The number of carbonyl (C=O) groups excluding carboxylic acids is 1. The third-order valence-corrected chi connectivity index (χ3v) is 4.79. The number of allylic oxidation sites excluding steroid dienone is 2. The predicted molar refractivity (Wildman–Crippen MR) is 86.8 cm³/mol. The molecule has 0 spiro atoms. The smallest absolute Gasteiger partial charge is 0.223 e. The average Bonchev–Trinajstić information content (AvgIpc) is 3.03. The molecule has 0 aromatic carbocycles. The van der Waals surface area contributed by atoms with Crippen molar-refractivity contribution in [2.75, 3.05) is 31.1 Å². The van der Waals surface area contributed by atoms with Gasteiger partial charge in [0, 0.05) is 43.9 Å². The van der Waals surface area contributed by atoms with Gasteiger partial charge in [0.1, 0.15) is 12.1 Å². The molecule has 2 heterocycles. The molecule has 3 rings (SSSR count). The highest BCUT2D eigenvalue weighted by atomic mass is 16.2. The highest BCUT2D eigenvalue weighted by Gasteiger charge is 2.25. The molecule has 0 bridgehead atoms. The lowest BCUT2D eigenvalue weighted by Gasteiger charge is -2.36. The monoisotopic (exact) mass is 300 g/mol. The average molecular weight is 300 g/mol. The second-order valence-corrected chi connectivity index (χ2v) is 6.25. The Kier molecular flexibility index (Phi) is 4.41. The molecule has 5 nitrogen and oxygen atoms in total. The normalized spacial score (nSPS) is 21.5. The maximum atomic E-state index is 12.4. The molecule has 22 heavy (non-hydrogen) atoms. The summed E-state index contributed by atoms with van der Waals surface area (Å²) >= 11 is 0. The van der Waals surface area contributed by atoms with Crippen LogP contribution in [0.15, 0.2) is 18.5 Å². The van der Waals surface area contributed by atoms with E-state index in [0.717, 1.165) is 56.1 Å². The fraction of sp³-hybridized carbons (Fsp3) is 0.588. The van der Waals surface area contributed by atoms with Gasteiger partial charge in [0.15, 0.2) is 0 Å². The Morgan fingerprint density at radius 2 is 2.00 bits per heavy atom. The fourth-order valence-electron chi connectivity index (χ4n) is 3.23. The second-order valence-electron chi connectivity index (χ2n) is 6.25. The molecule has 1 saturated heterocycles. The van der Waals surface area contributed by atoms with E-state index in [1.54, 1.807) is 6.33 Å². The number of rotatable bonds is 3. The summed E-state index contributed by atoms with van der Waals surface area (Å²) in [5.74, 6) is 1.77. The van der Waals surface area contributed by atoms with Crippen LogP contribution >= 0.6 is 0 Å². The van der Waals surface area contributed by atoms with Crippen LogP contribution in [-0.4, -0.2) is 47.0 Å². The first-order chi connectivity index (χ1) is 10.6. The van der Waals surface area contributed by atoms with Crippen molar-refractivity contribution < 1.29 is 4.79 Å². The fourth-order valence-corrected chi connectivity index (χ4v) is 3.23. The van der Waals surface area contributed by atoms with Crippen molar-refractivity contribution in [1.29, 1.82) is 0 Å². The van der Waals surface area contributed by atoms with Crippen LogP contribution in [0.25, 0.3) is 0 Å². The molecule has 5 heteroatoms. The molecule has 1 atom stereocenters. The largest absolute Gasteiger partial charge is 0.353 e. The van der Waals surface area contributed by atoms with E-state index >= 15 is 0 Å². The molecule has 1 aromatic heterocycles. The molecule has 1 aliphatic heterocycles. The van der Waals surface area contributed by atoms with E-state index in [4.69, 9.17) is 0 Å². The lowest BCUT2D eigenvalue weighted by molar-refractivity contribution is -0.132. The maximum Gasteiger partial charge on any atom is 0.223 e. The van der Waals surface area contributed by atoms with Crippen molar-refractivity contribution in [3.8, 4) is 0 Å². The summed E-state index contributed by atoms with van der Waals surface area (Å²) < 4.78 is 0. The van der Waals surface area contributed by atoms with Gasteiger partial charge in [-0.1, -0.05) is 12.2 Å². The van der Waals surface area contributed by atoms with Crippen LogP contribution in [0, 0.1) is 19.8 Å². The van der Waals surface area contributed by atoms with Crippen molar-refractivity contribution in [2.45, 2.75) is 33.1 Å². The number of aromatic nitrogens is 2. The summed E-state index contributed by atoms with van der Waals surface area (Å²) in [5, 5.41) is 0. The lowest BCUT2D eigenvalue weighted by Crippen LogP contribution is -2.49. The number of nitrogens with zero attached hydrogens (tertiary/aromatic N) is 4. The number of carbonyl (C=O) groups is 1. The van der Waals surface area contributed by atoms with Crippen molar-refractivity contribution >= 4 is 11.7 Å². The van der Waals surface area contributed by atoms with E-state index in [9.17, 15) is 4.79 Å². The minimum Gasteiger partial charge on any atom is -0.353 e. The summed E-state index contributed by atoms with van der Waals surface area (Å²) in [7, 11) is 0. The zero-order chi connectivity index (χ0) is 15.5. The van der Waals surface area contributed by atoms with Crippen LogP contribution in [0.2, 0.25) is 0 Å². The predicted octanol–water partition coefficient (Wildman–Crippen LogP) is 2.10. The van der Waals surface area contributed by atoms with Crippen molar-refractivity contribution in [1.82, 2.24) is 14.9 Å². The van der Waals surface area contributed by atoms with Crippen LogP contribution < -0.4 is 4.90 Å². The third-order valence-electron chi connectivity index (χ3n) is 4.79. The molecule has 0 saturated carbocycles. The van der Waals surface area contributed by atoms with Gasteiger partial charge >= 0.3 is 0 Å². The number of amides is 1. The van der Waals surface area contributed by atoms with E-state index in [1.165, 1.54) is 0 Å². The van der Waals surface area contributed by atoms with Gasteiger partial charge in [0.2, 0.25) is 5.91 Å². The number of aryl methyl sites for hydroxylation is 1. The summed E-state index contributed by atoms with van der Waals surface area (Å²) in [4.78, 5) is 25.3. The third kappa shape index (κ3) is 3.13. The molecule has 1 amide bonds. The first kappa shape index (κ1) is 15.0. The maximum absolute atomic E-state index is 12.4. The zero-order valence-electron chi connectivity index (χ0n) is 13.5. The van der Waals surface area contributed by atoms with Crippen LogP contribution in [0.3, 0.4) is 0 Å². The molecule has 0 unspecified atom stereocenters. The standard InChI is InChI=1S/C17H24N4O/c1-13-14(2)18-12-19-17(13)21-9-7-20(8-10-21)16(22)11-15-5-3-4-6-15/h3,5,12,15H,4,6-11H2,1-2H3/t15-/m1/s1. The summed E-state index contributed by atoms with van der Waals surface area (Å²) in [5.41, 5.74) is 2.16. The topological polar surface area (TPSA) is 49.3 Å². The van der Waals surface area contributed by atoms with Gasteiger partial charge in [-0.3, -0.25) is 4.79 Å². The zero-order valence-corrected chi connectivity index (χ0v) is 13.5. The van der Waals surface area contributed by atoms with Crippen molar-refractivity contribution in [3.05, 3.63) is 29.7 Å². The minimum absolute atomic E-state index is 0.298. The van der Waals surface area contributed by atoms with E-state index in [0.29, 0.717) is 18.2 Å². The van der Waals surface area contributed by atoms with Crippen molar-refractivity contribution in [2.24, 2.45) is 5.92 Å². The van der Waals surface area contributed by atoms with E-state index in [-0.39, 0.29) is 0 Å². The molecule has 1 fully saturated rings. The lowest BCUT2D eigenvalue weighted by atomic mass is 10.0. The molecule has 0 N–H and O–H groups in total. The summed E-state index contributed by atoms with van der Waals surface area (Å²) in [6, 6.07) is 0. The number of piperazine rings is 1. The molecular weight excluding hydrogens is 276 g/mol. The van der Waals surface area contributed by atoms with Gasteiger partial charge < -0.3 is 9.80 Å². The molecule has 1 aliphatic carbocycles. The molecule has 1 aromatic rings. The molecule has 118 valence electrons. The minimum atomic E-state index is 0.298. The van der Waals surface area contributed by atoms with Gasteiger partial charge in [-0.05, 0) is 32.6 Å². The Bertz CT molecular complexity index is 576. The van der Waals surface area contributed by atoms with Crippen LogP contribution in [0.4, 0.5) is 5.82 Å². The second kappa shape index (κ2) is 6.46. The number of hydrogen-bond donors (Lipinski definition) is 0. The highest BCUT2D eigenvalue weighted by molar-refractivity contribution is 5.77. The quantitative estimate of drug-likeness (QED) is 0.802. The van der Waals surface area contributed by atoms with Crippen LogP contribution in [-0.2, 0) is 4.79 Å². The van der Waals surface area contributed by atoms with E-state index < -0.39 is 0 Å². The Morgan fingerprint density at radius 1 is 1.23 bits per heavy atom. The Hall–Kier alpha value is -1.91. The first-order valence-corrected chi connectivity index (χ1v) is 8.12. The Labute approximate surface area is 132 Å². The Balaban J connectivity index is 1.56. The number of anilines is 1. The molecule has 2 aliphatic rings. The van der Waals surface area contributed by atoms with Gasteiger partial charge in [0.25, 0.3) is 0 Å². The number of hydrogen-bond acceptors (Lipinski definition) is 4. The van der Waals surface area contributed by atoms with E-state index in [2.05, 4.69) is 33.9 Å². The van der Waals surface area contributed by atoms with E-state index in [1.807, 2.05) is 11.8 Å². The SMILES string of the molecule is Cc1ncnc(N2CCN(C(=O)C[C@@H]3C=CCC3)CC2)c1C. The molecular formula is C17H24N4O. The summed E-state index contributed by atoms with van der Waals surface area (Å²) in [6.45, 7) is 7.35. The van der Waals surface area contributed by atoms with Gasteiger partial charge in [-0.15, -0.1) is 0 Å². The van der Waals surface area contributed by atoms with Gasteiger partial charge in [0.05, 0.1) is 0 Å². The van der Waals surface area contributed by atoms with Crippen molar-refractivity contribution in [3.63, 3.8) is 0 Å². The van der Waals surface area contributed by atoms with Gasteiger partial charge in [-0.25, -0.2) is 9.97 Å². The van der Waals surface area contributed by atoms with Gasteiger partial charge in [-0.2, -0.15) is 0 Å². The highest BCUT2D eigenvalue weighted by Crippen LogP contribution is 2.23. The first-order valence-electron chi connectivity index (χ1n) is 8.12. The summed E-state index contributed by atoms with van der Waals surface area (Å²) in [6.07, 6.45) is 8.93. The van der Waals surface area contributed by atoms with Crippen LogP contribution in [0.1, 0.15) is 30.5 Å². The Morgan fingerprint density at radius 3 is 2.68 bits per heavy atom.